The molecule has 1 saturated heterocycles. The van der Waals surface area contributed by atoms with Crippen LogP contribution in [0.15, 0.2) is 23.2 Å². The topological polar surface area (TPSA) is 76.1 Å². The summed E-state index contributed by atoms with van der Waals surface area (Å²) in [5.74, 6) is 1.07. The molecular formula is C10H13ClN2O3S2. The lowest BCUT2D eigenvalue weighted by atomic mass is 10.2. The molecule has 1 fully saturated rings. The highest BCUT2D eigenvalue weighted by molar-refractivity contribution is 7.89. The molecular weight excluding hydrogens is 296 g/mol. The van der Waals surface area contributed by atoms with Gasteiger partial charge in [-0.05, 0) is 25.0 Å². The van der Waals surface area contributed by atoms with Crippen molar-refractivity contribution in [3.63, 3.8) is 0 Å². The average Bonchev–Trinajstić information content (AvgIpc) is 2.32. The van der Waals surface area contributed by atoms with Crippen LogP contribution >= 0.6 is 11.6 Å². The maximum absolute atomic E-state index is 12.1. The summed E-state index contributed by atoms with van der Waals surface area (Å²) in [6, 6.07) is 2.76. The summed E-state index contributed by atoms with van der Waals surface area (Å²) in [6.45, 7) is 0. The van der Waals surface area contributed by atoms with Gasteiger partial charge in [0, 0.05) is 34.5 Å². The highest BCUT2D eigenvalue weighted by Gasteiger charge is 2.25. The fourth-order valence-corrected chi connectivity index (χ4v) is 4.82. The van der Waals surface area contributed by atoms with Crippen LogP contribution in [0.2, 0.25) is 5.15 Å². The van der Waals surface area contributed by atoms with Gasteiger partial charge in [0.2, 0.25) is 10.0 Å². The second-order valence-electron chi connectivity index (χ2n) is 4.04. The van der Waals surface area contributed by atoms with E-state index in [2.05, 4.69) is 9.71 Å². The third-order valence-corrected chi connectivity index (χ3v) is 6.07. The van der Waals surface area contributed by atoms with Crippen LogP contribution < -0.4 is 4.72 Å². The molecule has 1 aromatic rings. The van der Waals surface area contributed by atoms with Gasteiger partial charge in [-0.25, -0.2) is 18.1 Å². The van der Waals surface area contributed by atoms with Crippen molar-refractivity contribution < 1.29 is 12.6 Å². The Morgan fingerprint density at radius 1 is 1.39 bits per heavy atom. The SMILES string of the molecule is O=S1CCC(NS(=O)(=O)c2cccnc2Cl)CC1. The largest absolute Gasteiger partial charge is 0.260 e. The van der Waals surface area contributed by atoms with Crippen molar-refractivity contribution in [2.75, 3.05) is 11.5 Å². The minimum absolute atomic E-state index is 0.0154. The van der Waals surface area contributed by atoms with Crippen LogP contribution in [0, 0.1) is 0 Å². The van der Waals surface area contributed by atoms with E-state index in [1.54, 1.807) is 0 Å². The van der Waals surface area contributed by atoms with E-state index < -0.39 is 20.8 Å². The van der Waals surface area contributed by atoms with Crippen molar-refractivity contribution in [2.45, 2.75) is 23.8 Å². The Morgan fingerprint density at radius 3 is 2.67 bits per heavy atom. The monoisotopic (exact) mass is 308 g/mol. The molecule has 100 valence electrons. The lowest BCUT2D eigenvalue weighted by Gasteiger charge is -2.22. The molecule has 8 heteroatoms. The Kier molecular flexibility index (Phi) is 4.37. The van der Waals surface area contributed by atoms with Gasteiger partial charge in [0.1, 0.15) is 10.0 Å². The molecule has 0 atom stereocenters. The van der Waals surface area contributed by atoms with Gasteiger partial charge in [-0.1, -0.05) is 11.6 Å². The van der Waals surface area contributed by atoms with E-state index in [4.69, 9.17) is 11.6 Å². The Morgan fingerprint density at radius 2 is 2.06 bits per heavy atom. The minimum atomic E-state index is -3.65. The molecule has 1 aliphatic rings. The molecule has 0 aliphatic carbocycles. The molecule has 18 heavy (non-hydrogen) atoms. The van der Waals surface area contributed by atoms with Gasteiger partial charge in [0.25, 0.3) is 0 Å². The molecule has 0 spiro atoms. The van der Waals surface area contributed by atoms with Crippen molar-refractivity contribution in [1.29, 1.82) is 0 Å². The normalized spacial score (nSPS) is 24.9. The van der Waals surface area contributed by atoms with Gasteiger partial charge in [0.05, 0.1) is 0 Å². The van der Waals surface area contributed by atoms with Crippen LogP contribution in [0.5, 0.6) is 0 Å². The van der Waals surface area contributed by atoms with E-state index in [-0.39, 0.29) is 16.1 Å². The zero-order valence-electron chi connectivity index (χ0n) is 9.50. The number of sulfonamides is 1. The number of hydrogen-bond acceptors (Lipinski definition) is 4. The van der Waals surface area contributed by atoms with Crippen molar-refractivity contribution in [3.05, 3.63) is 23.5 Å². The Balaban J connectivity index is 2.13. The van der Waals surface area contributed by atoms with Crippen molar-refractivity contribution >= 4 is 32.4 Å². The molecule has 2 rings (SSSR count). The lowest BCUT2D eigenvalue weighted by Crippen LogP contribution is -2.39. The van der Waals surface area contributed by atoms with E-state index in [0.29, 0.717) is 24.3 Å². The fraction of sp³-hybridized carbons (Fsp3) is 0.500. The first-order valence-corrected chi connectivity index (χ1v) is 8.82. The van der Waals surface area contributed by atoms with Crippen LogP contribution in [0.25, 0.3) is 0 Å². The molecule has 0 saturated carbocycles. The highest BCUT2D eigenvalue weighted by Crippen LogP contribution is 2.19. The number of nitrogens with zero attached hydrogens (tertiary/aromatic N) is 1. The zero-order chi connectivity index (χ0) is 13.2. The predicted octanol–water partition coefficient (Wildman–Crippen LogP) is 0.924. The van der Waals surface area contributed by atoms with Gasteiger partial charge in [0.15, 0.2) is 0 Å². The van der Waals surface area contributed by atoms with Crippen molar-refractivity contribution in [3.8, 4) is 0 Å². The number of rotatable bonds is 3. The average molecular weight is 309 g/mol. The summed E-state index contributed by atoms with van der Waals surface area (Å²) >= 11 is 5.77. The molecule has 1 N–H and O–H groups in total. The molecule has 0 aromatic carbocycles. The van der Waals surface area contributed by atoms with E-state index >= 15 is 0 Å². The first kappa shape index (κ1) is 13.9. The van der Waals surface area contributed by atoms with Gasteiger partial charge in [-0.3, -0.25) is 4.21 Å². The number of halogens is 1. The molecule has 2 heterocycles. The Labute approximate surface area is 113 Å². The lowest BCUT2D eigenvalue weighted by molar-refractivity contribution is 0.521. The van der Waals surface area contributed by atoms with E-state index in [1.807, 2.05) is 0 Å². The second-order valence-corrected chi connectivity index (χ2v) is 7.77. The van der Waals surface area contributed by atoms with Gasteiger partial charge >= 0.3 is 0 Å². The summed E-state index contributed by atoms with van der Waals surface area (Å²) in [6.07, 6.45) is 2.61. The highest BCUT2D eigenvalue weighted by atomic mass is 35.5. The third-order valence-electron chi connectivity index (χ3n) is 2.72. The molecule has 0 amide bonds. The van der Waals surface area contributed by atoms with Gasteiger partial charge in [-0.15, -0.1) is 0 Å². The maximum atomic E-state index is 12.1. The first-order valence-electron chi connectivity index (χ1n) is 5.47. The molecule has 0 unspecified atom stereocenters. The summed E-state index contributed by atoms with van der Waals surface area (Å²) in [7, 11) is -4.46. The summed E-state index contributed by atoms with van der Waals surface area (Å²) < 4.78 is 38.0. The van der Waals surface area contributed by atoms with Crippen LogP contribution in [0.1, 0.15) is 12.8 Å². The quantitative estimate of drug-likeness (QED) is 0.843. The van der Waals surface area contributed by atoms with Crippen LogP contribution in [-0.4, -0.2) is 35.2 Å². The Hall–Kier alpha value is -0.500. The smallest absolute Gasteiger partial charge is 0.243 e. The van der Waals surface area contributed by atoms with Crippen LogP contribution in [-0.2, 0) is 20.8 Å². The van der Waals surface area contributed by atoms with Gasteiger partial charge < -0.3 is 0 Å². The summed E-state index contributed by atoms with van der Waals surface area (Å²) in [4.78, 5) is 3.73. The number of nitrogens with one attached hydrogen (secondary N) is 1. The predicted molar refractivity (Wildman–Crippen MR) is 70.5 cm³/mol. The maximum Gasteiger partial charge on any atom is 0.243 e. The zero-order valence-corrected chi connectivity index (χ0v) is 11.9. The fourth-order valence-electron chi connectivity index (χ4n) is 1.77. The molecule has 5 nitrogen and oxygen atoms in total. The first-order chi connectivity index (χ1) is 8.49. The van der Waals surface area contributed by atoms with E-state index in [0.717, 1.165) is 0 Å². The van der Waals surface area contributed by atoms with Crippen molar-refractivity contribution in [1.82, 2.24) is 9.71 Å². The van der Waals surface area contributed by atoms with Crippen LogP contribution in [0.4, 0.5) is 0 Å². The third kappa shape index (κ3) is 3.28. The molecule has 1 aromatic heterocycles. The number of hydrogen-bond donors (Lipinski definition) is 1. The molecule has 0 radical (unpaired) electrons. The van der Waals surface area contributed by atoms with Gasteiger partial charge in [-0.2, -0.15) is 0 Å². The summed E-state index contributed by atoms with van der Waals surface area (Å²) in [5, 5.41) is -0.0376. The second kappa shape index (κ2) is 5.64. The molecule has 0 bridgehead atoms. The van der Waals surface area contributed by atoms with E-state index in [9.17, 15) is 12.6 Å². The minimum Gasteiger partial charge on any atom is -0.260 e. The molecule has 1 aliphatic heterocycles. The Bertz CT molecular complexity index is 552. The standard InChI is InChI=1S/C10H13ClN2O3S2/c11-10-9(2-1-5-12-10)18(15,16)13-8-3-6-17(14)7-4-8/h1-2,5,8,13H,3-4,6-7H2. The number of aromatic nitrogens is 1. The van der Waals surface area contributed by atoms with Crippen molar-refractivity contribution in [2.24, 2.45) is 0 Å². The summed E-state index contributed by atoms with van der Waals surface area (Å²) in [5.41, 5.74) is 0. The van der Waals surface area contributed by atoms with E-state index in [1.165, 1.54) is 18.3 Å². The number of pyridine rings is 1. The van der Waals surface area contributed by atoms with Crippen LogP contribution in [0.3, 0.4) is 0 Å².